The van der Waals surface area contributed by atoms with Crippen LogP contribution in [-0.4, -0.2) is 15.6 Å². The molecule has 0 aliphatic carbocycles. The average molecular weight is 299 g/mol. The van der Waals surface area contributed by atoms with Gasteiger partial charge >= 0.3 is 0 Å². The minimum absolute atomic E-state index is 0.332. The topological polar surface area (TPSA) is 60.1 Å². The Morgan fingerprint density at radius 3 is 2.64 bits per heavy atom. The van der Waals surface area contributed by atoms with Gasteiger partial charge in [0, 0.05) is 18.1 Å². The van der Waals surface area contributed by atoms with Crippen molar-refractivity contribution in [3.05, 3.63) is 65.6 Å². The van der Waals surface area contributed by atoms with Gasteiger partial charge < -0.3 is 14.4 Å². The molecule has 1 N–H and O–H groups in total. The molecule has 0 bridgehead atoms. The number of amides is 1. The quantitative estimate of drug-likeness (QED) is 0.805. The number of aromatic nitrogens is 2. The number of nitrogens with zero attached hydrogens (tertiary/aromatic N) is 2. The van der Waals surface area contributed by atoms with Gasteiger partial charge in [0.1, 0.15) is 17.1 Å². The van der Waals surface area contributed by atoms with Crippen LogP contribution >= 0.6 is 0 Å². The molecule has 0 spiro atoms. The summed E-state index contributed by atoms with van der Waals surface area (Å²) < 4.78 is 20.5. The van der Waals surface area contributed by atoms with Crippen molar-refractivity contribution >= 4 is 11.6 Å². The average Bonchev–Trinajstić information content (AvgIpc) is 3.11. The lowest BCUT2D eigenvalue weighted by Crippen LogP contribution is -2.14. The van der Waals surface area contributed by atoms with E-state index in [1.807, 2.05) is 0 Å². The van der Waals surface area contributed by atoms with Gasteiger partial charge in [0.05, 0.1) is 11.4 Å². The third-order valence-corrected chi connectivity index (χ3v) is 3.35. The van der Waals surface area contributed by atoms with Crippen molar-refractivity contribution in [3.63, 3.8) is 0 Å². The van der Waals surface area contributed by atoms with Crippen LogP contribution in [0.1, 0.15) is 21.8 Å². The summed E-state index contributed by atoms with van der Waals surface area (Å²) in [6, 6.07) is 8.01. The number of rotatable bonds is 3. The fourth-order valence-corrected chi connectivity index (χ4v) is 2.28. The van der Waals surface area contributed by atoms with Gasteiger partial charge in [0.2, 0.25) is 0 Å². The van der Waals surface area contributed by atoms with E-state index >= 15 is 0 Å². The van der Waals surface area contributed by atoms with Gasteiger partial charge in [-0.2, -0.15) is 0 Å². The van der Waals surface area contributed by atoms with E-state index in [2.05, 4.69) is 10.5 Å². The largest absolute Gasteiger partial charge is 0.361 e. The molecule has 2 heterocycles. The predicted octanol–water partition coefficient (Wildman–Crippen LogP) is 3.47. The van der Waals surface area contributed by atoms with E-state index in [-0.39, 0.29) is 11.7 Å². The monoisotopic (exact) mass is 299 g/mol. The lowest BCUT2D eigenvalue weighted by atomic mass is 10.2. The molecule has 5 nitrogen and oxygen atoms in total. The third-order valence-electron chi connectivity index (χ3n) is 3.35. The number of hydrogen-bond donors (Lipinski definition) is 1. The van der Waals surface area contributed by atoms with Crippen LogP contribution in [0.4, 0.5) is 10.1 Å². The highest BCUT2D eigenvalue weighted by molar-refractivity contribution is 6.05. The van der Waals surface area contributed by atoms with E-state index in [0.717, 1.165) is 0 Å². The molecule has 0 aliphatic rings. The summed E-state index contributed by atoms with van der Waals surface area (Å²) in [6.45, 7) is 3.37. The summed E-state index contributed by atoms with van der Waals surface area (Å²) in [5, 5.41) is 6.49. The van der Waals surface area contributed by atoms with E-state index in [9.17, 15) is 9.18 Å². The lowest BCUT2D eigenvalue weighted by Gasteiger charge is -2.09. The normalized spacial score (nSPS) is 10.7. The first-order valence-corrected chi connectivity index (χ1v) is 6.73. The Hall–Kier alpha value is -2.89. The van der Waals surface area contributed by atoms with Gasteiger partial charge in [-0.1, -0.05) is 5.16 Å². The molecule has 2 aromatic heterocycles. The number of carbonyl (C=O) groups excluding carboxylic acids is 1. The molecule has 0 saturated carbocycles. The molecule has 3 rings (SSSR count). The minimum Gasteiger partial charge on any atom is -0.361 e. The maximum atomic E-state index is 13.9. The number of hydrogen-bond acceptors (Lipinski definition) is 3. The summed E-state index contributed by atoms with van der Waals surface area (Å²) in [4.78, 5) is 12.3. The fraction of sp³-hybridized carbons (Fsp3) is 0.125. The van der Waals surface area contributed by atoms with Crippen molar-refractivity contribution in [1.29, 1.82) is 0 Å². The van der Waals surface area contributed by atoms with Crippen LogP contribution in [0, 0.1) is 19.7 Å². The second-order valence-corrected chi connectivity index (χ2v) is 4.91. The van der Waals surface area contributed by atoms with Gasteiger partial charge in [-0.05, 0) is 44.2 Å². The summed E-state index contributed by atoms with van der Waals surface area (Å²) in [7, 11) is 0. The summed E-state index contributed by atoms with van der Waals surface area (Å²) in [6.07, 6.45) is 3.47. The molecule has 0 atom stereocenters. The van der Waals surface area contributed by atoms with Crippen LogP contribution in [0.5, 0.6) is 0 Å². The van der Waals surface area contributed by atoms with Gasteiger partial charge in [-0.15, -0.1) is 0 Å². The zero-order valence-electron chi connectivity index (χ0n) is 12.1. The van der Waals surface area contributed by atoms with Crippen LogP contribution in [0.25, 0.3) is 5.69 Å². The highest BCUT2D eigenvalue weighted by atomic mass is 19.1. The Kier molecular flexibility index (Phi) is 3.50. The molecule has 112 valence electrons. The highest BCUT2D eigenvalue weighted by Crippen LogP contribution is 2.21. The summed E-state index contributed by atoms with van der Waals surface area (Å²) >= 11 is 0. The Labute approximate surface area is 126 Å². The smallest absolute Gasteiger partial charge is 0.261 e. The molecule has 1 amide bonds. The maximum Gasteiger partial charge on any atom is 0.261 e. The van der Waals surface area contributed by atoms with E-state index in [1.165, 1.54) is 12.1 Å². The van der Waals surface area contributed by atoms with Crippen molar-refractivity contribution < 1.29 is 13.7 Å². The maximum absolute atomic E-state index is 13.9. The van der Waals surface area contributed by atoms with Crippen LogP contribution in [0.2, 0.25) is 0 Å². The van der Waals surface area contributed by atoms with Crippen molar-refractivity contribution in [3.8, 4) is 5.69 Å². The first-order valence-electron chi connectivity index (χ1n) is 6.73. The second kappa shape index (κ2) is 5.48. The van der Waals surface area contributed by atoms with Crippen molar-refractivity contribution in [2.75, 3.05) is 5.32 Å². The first kappa shape index (κ1) is 14.1. The standard InChI is InChI=1S/C16H14FN3O2/c1-10-15(11(2)22-19-10)16(21)18-12-5-6-13(17)14(9-12)20-7-3-4-8-20/h3-9H,1-2H3,(H,18,21). The first-order chi connectivity index (χ1) is 10.6. The van der Waals surface area contributed by atoms with E-state index in [4.69, 9.17) is 4.52 Å². The van der Waals surface area contributed by atoms with Crippen molar-refractivity contribution in [2.45, 2.75) is 13.8 Å². The zero-order valence-corrected chi connectivity index (χ0v) is 12.1. The SMILES string of the molecule is Cc1noc(C)c1C(=O)Nc1ccc(F)c(-n2cccc2)c1. The Morgan fingerprint density at radius 2 is 2.00 bits per heavy atom. The Bertz CT molecular complexity index is 803. The van der Waals surface area contributed by atoms with E-state index in [1.54, 1.807) is 49.0 Å². The molecule has 22 heavy (non-hydrogen) atoms. The van der Waals surface area contributed by atoms with Gasteiger partial charge in [0.15, 0.2) is 0 Å². The number of halogens is 1. The van der Waals surface area contributed by atoms with Gasteiger partial charge in [0.25, 0.3) is 5.91 Å². The zero-order chi connectivity index (χ0) is 15.7. The van der Waals surface area contributed by atoms with Gasteiger partial charge in [-0.3, -0.25) is 4.79 Å². The molecule has 0 radical (unpaired) electrons. The molecule has 0 unspecified atom stereocenters. The molecule has 1 aromatic carbocycles. The van der Waals surface area contributed by atoms with Crippen LogP contribution in [0.15, 0.2) is 47.2 Å². The number of anilines is 1. The van der Waals surface area contributed by atoms with Gasteiger partial charge in [-0.25, -0.2) is 4.39 Å². The molecule has 0 saturated heterocycles. The molecule has 0 aliphatic heterocycles. The number of nitrogens with one attached hydrogen (secondary N) is 1. The summed E-state index contributed by atoms with van der Waals surface area (Å²) in [5.41, 5.74) is 1.77. The van der Waals surface area contributed by atoms with Crippen LogP contribution in [-0.2, 0) is 0 Å². The Balaban J connectivity index is 1.90. The predicted molar refractivity (Wildman–Crippen MR) is 79.7 cm³/mol. The highest BCUT2D eigenvalue weighted by Gasteiger charge is 2.18. The lowest BCUT2D eigenvalue weighted by molar-refractivity contribution is 0.102. The molecule has 3 aromatic rings. The fourth-order valence-electron chi connectivity index (χ4n) is 2.28. The van der Waals surface area contributed by atoms with Crippen molar-refractivity contribution in [1.82, 2.24) is 9.72 Å². The molecule has 0 fully saturated rings. The van der Waals surface area contributed by atoms with Crippen molar-refractivity contribution in [2.24, 2.45) is 0 Å². The number of aryl methyl sites for hydroxylation is 2. The van der Waals surface area contributed by atoms with E-state index in [0.29, 0.717) is 28.4 Å². The molecule has 6 heteroatoms. The minimum atomic E-state index is -0.369. The van der Waals surface area contributed by atoms with Crippen LogP contribution in [0.3, 0.4) is 0 Å². The van der Waals surface area contributed by atoms with Crippen LogP contribution < -0.4 is 5.32 Å². The Morgan fingerprint density at radius 1 is 1.27 bits per heavy atom. The second-order valence-electron chi connectivity index (χ2n) is 4.91. The summed E-state index contributed by atoms with van der Waals surface area (Å²) in [5.74, 6) is -0.254. The van der Waals surface area contributed by atoms with E-state index < -0.39 is 0 Å². The molecular weight excluding hydrogens is 285 g/mol. The molecular formula is C16H14FN3O2. The third kappa shape index (κ3) is 2.50. The number of carbonyl (C=O) groups is 1. The number of benzene rings is 1.